The molecule has 2 rings (SSSR count). The number of anilines is 1. The largest absolute Gasteiger partial charge is 0.378 e. The number of rotatable bonds is 2. The molecule has 0 spiro atoms. The number of fused-ring (bicyclic) bond motifs is 1. The Balaban J connectivity index is 2.42. The Labute approximate surface area is 83.0 Å². The maximum Gasteiger partial charge on any atom is 0.260 e. The third-order valence-corrected chi connectivity index (χ3v) is 2.47. The highest BCUT2D eigenvalue weighted by molar-refractivity contribution is 6.03. The van der Waals surface area contributed by atoms with Gasteiger partial charge >= 0.3 is 0 Å². The molecule has 1 unspecified atom stereocenters. The number of benzene rings is 1. The summed E-state index contributed by atoms with van der Waals surface area (Å²) < 4.78 is 0. The molecule has 1 aromatic rings. The van der Waals surface area contributed by atoms with Gasteiger partial charge in [0.2, 0.25) is 0 Å². The lowest BCUT2D eigenvalue weighted by Gasteiger charge is -2.15. The van der Waals surface area contributed by atoms with E-state index in [2.05, 4.69) is 0 Å². The van der Waals surface area contributed by atoms with Gasteiger partial charge in [-0.05, 0) is 12.5 Å². The van der Waals surface area contributed by atoms with Crippen LogP contribution in [0.2, 0.25) is 0 Å². The van der Waals surface area contributed by atoms with Gasteiger partial charge in [0, 0.05) is 12.1 Å². The summed E-state index contributed by atoms with van der Waals surface area (Å²) in [6.45, 7) is 2.69. The molecule has 1 amide bonds. The van der Waals surface area contributed by atoms with Crippen molar-refractivity contribution in [1.82, 2.24) is 0 Å². The number of nitrogens with zero attached hydrogens (tertiary/aromatic N) is 1. The van der Waals surface area contributed by atoms with Crippen molar-refractivity contribution in [2.24, 2.45) is 0 Å². The van der Waals surface area contributed by atoms with Crippen molar-refractivity contribution in [3.8, 4) is 0 Å². The van der Waals surface area contributed by atoms with Crippen molar-refractivity contribution in [1.29, 1.82) is 0 Å². The van der Waals surface area contributed by atoms with Crippen LogP contribution in [-0.4, -0.2) is 17.6 Å². The van der Waals surface area contributed by atoms with Crippen LogP contribution >= 0.6 is 0 Å². The van der Waals surface area contributed by atoms with Gasteiger partial charge in [0.25, 0.3) is 5.91 Å². The molecule has 0 saturated heterocycles. The Morgan fingerprint density at radius 3 is 2.86 bits per heavy atom. The van der Waals surface area contributed by atoms with Crippen LogP contribution in [-0.2, 0) is 4.79 Å². The molecule has 1 aromatic carbocycles. The first-order valence-corrected chi connectivity index (χ1v) is 4.84. The highest BCUT2D eigenvalue weighted by Crippen LogP contribution is 2.35. The molecule has 1 aliphatic heterocycles. The first-order chi connectivity index (χ1) is 6.75. The van der Waals surface area contributed by atoms with Gasteiger partial charge in [-0.2, -0.15) is 0 Å². The molecule has 3 nitrogen and oxygen atoms in total. The molecule has 3 heteroatoms. The minimum Gasteiger partial charge on any atom is -0.378 e. The van der Waals surface area contributed by atoms with Crippen molar-refractivity contribution in [3.05, 3.63) is 29.8 Å². The first kappa shape index (κ1) is 9.21. The minimum absolute atomic E-state index is 0.201. The first-order valence-electron chi connectivity index (χ1n) is 4.84. The molecule has 0 aliphatic carbocycles. The second-order valence-corrected chi connectivity index (χ2v) is 3.45. The molecule has 0 aromatic heterocycles. The zero-order valence-electron chi connectivity index (χ0n) is 8.10. The highest BCUT2D eigenvalue weighted by Gasteiger charge is 2.34. The van der Waals surface area contributed by atoms with Crippen LogP contribution in [0.25, 0.3) is 0 Å². The quantitative estimate of drug-likeness (QED) is 0.769. The molecule has 0 bridgehead atoms. The van der Waals surface area contributed by atoms with Gasteiger partial charge in [0.05, 0.1) is 5.69 Å². The fourth-order valence-corrected chi connectivity index (χ4v) is 1.82. The average molecular weight is 191 g/mol. The van der Waals surface area contributed by atoms with Crippen molar-refractivity contribution in [3.63, 3.8) is 0 Å². The number of hydrogen-bond donors (Lipinski definition) is 1. The number of carbonyl (C=O) groups is 1. The van der Waals surface area contributed by atoms with Crippen LogP contribution in [0.4, 0.5) is 5.69 Å². The Morgan fingerprint density at radius 1 is 1.43 bits per heavy atom. The topological polar surface area (TPSA) is 40.5 Å². The van der Waals surface area contributed by atoms with E-state index in [-0.39, 0.29) is 5.91 Å². The van der Waals surface area contributed by atoms with Crippen LogP contribution in [0, 0.1) is 0 Å². The molecule has 0 radical (unpaired) electrons. The zero-order chi connectivity index (χ0) is 10.1. The van der Waals surface area contributed by atoms with Crippen molar-refractivity contribution in [2.45, 2.75) is 19.4 Å². The fourth-order valence-electron chi connectivity index (χ4n) is 1.82. The minimum atomic E-state index is -0.960. The number of aliphatic hydroxyl groups is 1. The monoisotopic (exact) mass is 191 g/mol. The summed E-state index contributed by atoms with van der Waals surface area (Å²) in [5.41, 5.74) is 1.58. The standard InChI is InChI=1S/C11H13NO2/c1-2-7-12-9-6-4-3-5-8(9)10(13)11(12)14/h3-6,10,13H,2,7H2,1H3. The molecule has 74 valence electrons. The van der Waals surface area contributed by atoms with Crippen molar-refractivity contribution < 1.29 is 9.90 Å². The second-order valence-electron chi connectivity index (χ2n) is 3.45. The predicted octanol–water partition coefficient (Wildman–Crippen LogP) is 1.48. The molecule has 0 saturated carbocycles. The SMILES string of the molecule is CCCN1C(=O)C(O)c2ccccc21. The van der Waals surface area contributed by atoms with E-state index in [9.17, 15) is 9.90 Å². The van der Waals surface area contributed by atoms with Gasteiger partial charge in [-0.25, -0.2) is 0 Å². The molecular weight excluding hydrogens is 178 g/mol. The maximum atomic E-state index is 11.6. The van der Waals surface area contributed by atoms with E-state index in [4.69, 9.17) is 0 Å². The molecule has 1 atom stereocenters. The molecular formula is C11H13NO2. The van der Waals surface area contributed by atoms with Crippen LogP contribution < -0.4 is 4.90 Å². The lowest BCUT2D eigenvalue weighted by atomic mass is 10.1. The Morgan fingerprint density at radius 2 is 2.14 bits per heavy atom. The molecule has 14 heavy (non-hydrogen) atoms. The van der Waals surface area contributed by atoms with E-state index < -0.39 is 6.10 Å². The average Bonchev–Trinajstić information content (AvgIpc) is 2.45. The predicted molar refractivity (Wildman–Crippen MR) is 54.0 cm³/mol. The summed E-state index contributed by atoms with van der Waals surface area (Å²) in [5.74, 6) is -0.201. The van der Waals surface area contributed by atoms with Gasteiger partial charge in [-0.1, -0.05) is 25.1 Å². The second kappa shape index (κ2) is 3.42. The van der Waals surface area contributed by atoms with Gasteiger partial charge in [-0.15, -0.1) is 0 Å². The zero-order valence-corrected chi connectivity index (χ0v) is 8.10. The smallest absolute Gasteiger partial charge is 0.260 e. The lowest BCUT2D eigenvalue weighted by molar-refractivity contribution is -0.125. The van der Waals surface area contributed by atoms with Gasteiger partial charge in [0.15, 0.2) is 6.10 Å². The number of hydrogen-bond acceptors (Lipinski definition) is 2. The Hall–Kier alpha value is -1.35. The normalized spacial score (nSPS) is 20.0. The van der Waals surface area contributed by atoms with E-state index in [0.29, 0.717) is 6.54 Å². The van der Waals surface area contributed by atoms with Gasteiger partial charge in [-0.3, -0.25) is 4.79 Å². The van der Waals surface area contributed by atoms with Gasteiger partial charge in [0.1, 0.15) is 0 Å². The summed E-state index contributed by atoms with van der Waals surface area (Å²) in [5, 5.41) is 9.66. The van der Waals surface area contributed by atoms with E-state index in [1.807, 2.05) is 25.1 Å². The number of amides is 1. The molecule has 1 heterocycles. The number of para-hydroxylation sites is 1. The summed E-state index contributed by atoms with van der Waals surface area (Å²) in [7, 11) is 0. The molecule has 1 N–H and O–H groups in total. The van der Waals surface area contributed by atoms with Crippen LogP contribution in [0.5, 0.6) is 0 Å². The fraction of sp³-hybridized carbons (Fsp3) is 0.364. The summed E-state index contributed by atoms with van der Waals surface area (Å²) in [6, 6.07) is 7.39. The number of carbonyl (C=O) groups excluding carboxylic acids is 1. The van der Waals surface area contributed by atoms with Gasteiger partial charge < -0.3 is 10.0 Å². The summed E-state index contributed by atoms with van der Waals surface area (Å²) in [4.78, 5) is 13.3. The maximum absolute atomic E-state index is 11.6. The van der Waals surface area contributed by atoms with E-state index in [1.54, 1.807) is 11.0 Å². The van der Waals surface area contributed by atoms with Crippen LogP contribution in [0.15, 0.2) is 24.3 Å². The van der Waals surface area contributed by atoms with Crippen LogP contribution in [0.1, 0.15) is 25.0 Å². The Kier molecular flexibility index (Phi) is 2.25. The molecule has 0 fully saturated rings. The summed E-state index contributed by atoms with van der Waals surface area (Å²) >= 11 is 0. The Bertz CT molecular complexity index is 362. The highest BCUT2D eigenvalue weighted by atomic mass is 16.3. The summed E-state index contributed by atoms with van der Waals surface area (Å²) in [6.07, 6.45) is -0.0648. The lowest BCUT2D eigenvalue weighted by Crippen LogP contribution is -2.29. The third kappa shape index (κ3) is 1.21. The van der Waals surface area contributed by atoms with Crippen molar-refractivity contribution >= 4 is 11.6 Å². The third-order valence-electron chi connectivity index (χ3n) is 2.47. The van der Waals surface area contributed by atoms with E-state index >= 15 is 0 Å². The van der Waals surface area contributed by atoms with E-state index in [0.717, 1.165) is 17.7 Å². The van der Waals surface area contributed by atoms with Crippen LogP contribution in [0.3, 0.4) is 0 Å². The van der Waals surface area contributed by atoms with Crippen molar-refractivity contribution in [2.75, 3.05) is 11.4 Å². The van der Waals surface area contributed by atoms with E-state index in [1.165, 1.54) is 0 Å². The molecule has 1 aliphatic rings. The number of aliphatic hydroxyl groups excluding tert-OH is 1.